The summed E-state index contributed by atoms with van der Waals surface area (Å²) in [4.78, 5) is 11.2. The van der Waals surface area contributed by atoms with Crippen LogP contribution in [0.2, 0.25) is 0 Å². The molecule has 0 saturated heterocycles. The average Bonchev–Trinajstić information content (AvgIpc) is 2.40. The smallest absolute Gasteiger partial charge is 0.408 e. The number of nitrogen functional groups attached to an aromatic ring is 1. The van der Waals surface area contributed by atoms with E-state index in [0.29, 0.717) is 17.8 Å². The highest BCUT2D eigenvalue weighted by molar-refractivity contribution is 5.76. The van der Waals surface area contributed by atoms with E-state index in [1.54, 1.807) is 22.8 Å². The van der Waals surface area contributed by atoms with E-state index >= 15 is 0 Å². The van der Waals surface area contributed by atoms with Crippen LogP contribution < -0.4 is 11.5 Å². The van der Waals surface area contributed by atoms with Crippen LogP contribution in [0.1, 0.15) is 6.92 Å². The maximum absolute atomic E-state index is 11.2. The highest BCUT2D eigenvalue weighted by atomic mass is 16.4. The van der Waals surface area contributed by atoms with E-state index in [4.69, 9.17) is 10.2 Å². The summed E-state index contributed by atoms with van der Waals surface area (Å²) in [5.74, 6) is -0.330. The van der Waals surface area contributed by atoms with Crippen molar-refractivity contribution in [2.24, 2.45) is 0 Å². The number of rotatable bonds is 1. The third-order valence-corrected chi connectivity index (χ3v) is 2.01. The molecular formula is C9H10N2O2. The first-order valence-electron chi connectivity index (χ1n) is 4.11. The molecule has 1 aromatic carbocycles. The fourth-order valence-corrected chi connectivity index (χ4v) is 1.38. The highest BCUT2D eigenvalue weighted by Crippen LogP contribution is 2.15. The predicted octanol–water partition coefficient (Wildman–Crippen LogP) is 1.20. The van der Waals surface area contributed by atoms with Crippen LogP contribution in [0.3, 0.4) is 0 Å². The molecule has 0 radical (unpaired) electrons. The zero-order valence-corrected chi connectivity index (χ0v) is 7.28. The molecule has 0 aliphatic carbocycles. The van der Waals surface area contributed by atoms with E-state index in [9.17, 15) is 4.79 Å². The third-order valence-electron chi connectivity index (χ3n) is 2.01. The lowest BCUT2D eigenvalue weighted by Crippen LogP contribution is -2.12. The maximum Gasteiger partial charge on any atom is 0.419 e. The van der Waals surface area contributed by atoms with Gasteiger partial charge in [0.25, 0.3) is 0 Å². The van der Waals surface area contributed by atoms with Gasteiger partial charge in [-0.15, -0.1) is 0 Å². The van der Waals surface area contributed by atoms with Crippen LogP contribution in [0, 0.1) is 0 Å². The van der Waals surface area contributed by atoms with Crippen molar-refractivity contribution in [3.8, 4) is 0 Å². The summed E-state index contributed by atoms with van der Waals surface area (Å²) in [5.41, 5.74) is 7.58. The maximum atomic E-state index is 11.2. The van der Waals surface area contributed by atoms with Crippen LogP contribution in [0.4, 0.5) is 5.69 Å². The number of benzene rings is 1. The Morgan fingerprint density at radius 2 is 2.31 bits per heavy atom. The molecule has 68 valence electrons. The van der Waals surface area contributed by atoms with Crippen LogP contribution in [-0.2, 0) is 6.54 Å². The molecular weight excluding hydrogens is 168 g/mol. The fourth-order valence-electron chi connectivity index (χ4n) is 1.38. The number of anilines is 1. The molecule has 0 unspecified atom stereocenters. The van der Waals surface area contributed by atoms with Crippen molar-refractivity contribution in [3.63, 3.8) is 0 Å². The summed E-state index contributed by atoms with van der Waals surface area (Å²) in [6.07, 6.45) is 0. The lowest BCUT2D eigenvalue weighted by Gasteiger charge is -1.96. The highest BCUT2D eigenvalue weighted by Gasteiger charge is 2.06. The van der Waals surface area contributed by atoms with Gasteiger partial charge in [-0.25, -0.2) is 4.79 Å². The minimum atomic E-state index is -0.330. The van der Waals surface area contributed by atoms with Gasteiger partial charge in [-0.2, -0.15) is 0 Å². The van der Waals surface area contributed by atoms with Crippen molar-refractivity contribution < 1.29 is 4.42 Å². The zero-order chi connectivity index (χ0) is 9.42. The molecule has 0 aliphatic rings. The summed E-state index contributed by atoms with van der Waals surface area (Å²) < 4.78 is 6.54. The zero-order valence-electron chi connectivity index (χ0n) is 7.28. The quantitative estimate of drug-likeness (QED) is 0.667. The molecule has 0 bridgehead atoms. The van der Waals surface area contributed by atoms with Crippen LogP contribution in [-0.4, -0.2) is 4.57 Å². The van der Waals surface area contributed by atoms with Gasteiger partial charge in [0, 0.05) is 12.2 Å². The molecule has 0 spiro atoms. The van der Waals surface area contributed by atoms with Gasteiger partial charge in [0.1, 0.15) is 0 Å². The van der Waals surface area contributed by atoms with Crippen LogP contribution in [0.25, 0.3) is 11.1 Å². The first kappa shape index (κ1) is 7.91. The summed E-state index contributed by atoms with van der Waals surface area (Å²) in [5, 5.41) is 0. The molecule has 0 aliphatic heterocycles. The number of aromatic nitrogens is 1. The second kappa shape index (κ2) is 2.65. The third kappa shape index (κ3) is 1.11. The monoisotopic (exact) mass is 178 g/mol. The summed E-state index contributed by atoms with van der Waals surface area (Å²) in [6, 6.07) is 5.16. The molecule has 2 rings (SSSR count). The molecule has 0 atom stereocenters. The fraction of sp³-hybridized carbons (Fsp3) is 0.222. The number of aryl methyl sites for hydroxylation is 1. The predicted molar refractivity (Wildman–Crippen MR) is 50.6 cm³/mol. The van der Waals surface area contributed by atoms with Crippen molar-refractivity contribution in [1.82, 2.24) is 4.57 Å². The molecule has 0 saturated carbocycles. The first-order valence-corrected chi connectivity index (χ1v) is 4.11. The van der Waals surface area contributed by atoms with Gasteiger partial charge in [-0.1, -0.05) is 0 Å². The molecule has 2 N–H and O–H groups in total. The van der Waals surface area contributed by atoms with Crippen molar-refractivity contribution in [3.05, 3.63) is 28.7 Å². The number of nitrogens with two attached hydrogens (primary N) is 1. The summed E-state index contributed by atoms with van der Waals surface area (Å²) >= 11 is 0. The SMILES string of the molecule is CCn1c(=O)oc2ccc(N)cc21. The van der Waals surface area contributed by atoms with E-state index in [0.717, 1.165) is 5.52 Å². The lowest BCUT2D eigenvalue weighted by atomic mass is 10.3. The Morgan fingerprint density at radius 3 is 3.00 bits per heavy atom. The topological polar surface area (TPSA) is 61.2 Å². The van der Waals surface area contributed by atoms with Crippen molar-refractivity contribution in [2.75, 3.05) is 5.73 Å². The number of nitrogens with zero attached hydrogens (tertiary/aromatic N) is 1. The van der Waals surface area contributed by atoms with Gasteiger partial charge in [0.05, 0.1) is 5.52 Å². The number of oxazole rings is 1. The van der Waals surface area contributed by atoms with Crippen LogP contribution >= 0.6 is 0 Å². The Kier molecular flexibility index (Phi) is 1.62. The van der Waals surface area contributed by atoms with Gasteiger partial charge < -0.3 is 10.2 Å². The minimum Gasteiger partial charge on any atom is -0.408 e. The summed E-state index contributed by atoms with van der Waals surface area (Å²) in [6.45, 7) is 2.48. The van der Waals surface area contributed by atoms with Crippen LogP contribution in [0.5, 0.6) is 0 Å². The van der Waals surface area contributed by atoms with E-state index in [-0.39, 0.29) is 5.76 Å². The van der Waals surface area contributed by atoms with E-state index in [1.807, 2.05) is 6.92 Å². The van der Waals surface area contributed by atoms with Gasteiger partial charge in [0.2, 0.25) is 0 Å². The molecule has 0 fully saturated rings. The molecule has 4 nitrogen and oxygen atoms in total. The molecule has 13 heavy (non-hydrogen) atoms. The normalized spacial score (nSPS) is 10.8. The lowest BCUT2D eigenvalue weighted by molar-refractivity contribution is 0.513. The minimum absolute atomic E-state index is 0.330. The number of hydrogen-bond acceptors (Lipinski definition) is 3. The van der Waals surface area contributed by atoms with Gasteiger partial charge in [0.15, 0.2) is 5.58 Å². The average molecular weight is 178 g/mol. The largest absolute Gasteiger partial charge is 0.419 e. The number of fused-ring (bicyclic) bond motifs is 1. The van der Waals surface area contributed by atoms with Gasteiger partial charge in [-0.05, 0) is 25.1 Å². The molecule has 1 aromatic heterocycles. The molecule has 2 aromatic rings. The van der Waals surface area contributed by atoms with Crippen molar-refractivity contribution in [1.29, 1.82) is 0 Å². The Labute approximate surface area is 74.6 Å². The Morgan fingerprint density at radius 1 is 1.54 bits per heavy atom. The Balaban J connectivity index is 2.89. The van der Waals surface area contributed by atoms with Crippen molar-refractivity contribution in [2.45, 2.75) is 13.5 Å². The second-order valence-corrected chi connectivity index (χ2v) is 2.84. The van der Waals surface area contributed by atoms with E-state index < -0.39 is 0 Å². The van der Waals surface area contributed by atoms with Crippen LogP contribution in [0.15, 0.2) is 27.4 Å². The number of hydrogen-bond donors (Lipinski definition) is 1. The van der Waals surface area contributed by atoms with Crippen molar-refractivity contribution >= 4 is 16.8 Å². The molecule has 4 heteroatoms. The Bertz CT molecular complexity index is 496. The standard InChI is InChI=1S/C9H10N2O2/c1-2-11-7-5-6(10)3-4-8(7)13-9(11)12/h3-5H,2,10H2,1H3. The van der Waals surface area contributed by atoms with Gasteiger partial charge in [-0.3, -0.25) is 4.57 Å². The van der Waals surface area contributed by atoms with E-state index in [2.05, 4.69) is 0 Å². The summed E-state index contributed by atoms with van der Waals surface area (Å²) in [7, 11) is 0. The van der Waals surface area contributed by atoms with E-state index in [1.165, 1.54) is 0 Å². The Hall–Kier alpha value is -1.71. The second-order valence-electron chi connectivity index (χ2n) is 2.84. The molecule has 0 amide bonds. The molecule has 1 heterocycles. The first-order chi connectivity index (χ1) is 6.22. The van der Waals surface area contributed by atoms with Gasteiger partial charge >= 0.3 is 5.76 Å².